The van der Waals surface area contributed by atoms with Gasteiger partial charge in [0.05, 0.1) is 6.04 Å². The Hall–Kier alpha value is -0.190. The fourth-order valence-corrected chi connectivity index (χ4v) is 5.04. The number of aryl methyl sites for hydroxylation is 1. The van der Waals surface area contributed by atoms with Crippen molar-refractivity contribution in [2.45, 2.75) is 18.2 Å². The Labute approximate surface area is 131 Å². The van der Waals surface area contributed by atoms with Crippen molar-refractivity contribution in [1.29, 1.82) is 0 Å². The van der Waals surface area contributed by atoms with Crippen LogP contribution in [0.1, 0.15) is 26.9 Å². The summed E-state index contributed by atoms with van der Waals surface area (Å²) in [4.78, 5) is 2.65. The highest BCUT2D eigenvalue weighted by atomic mass is 35.5. The molecule has 0 fully saturated rings. The Kier molecular flexibility index (Phi) is 4.11. The normalized spacial score (nSPS) is 16.2. The minimum Gasteiger partial charge on any atom is -0.320 e. The third-order valence-corrected chi connectivity index (χ3v) is 6.15. The van der Waals surface area contributed by atoms with E-state index in [1.165, 1.54) is 21.1 Å². The molecule has 2 N–H and O–H groups in total. The minimum absolute atomic E-state index is 0.188. The highest BCUT2D eigenvalue weighted by molar-refractivity contribution is 7.98. The number of thiophene rings is 1. The van der Waals surface area contributed by atoms with Crippen molar-refractivity contribution in [3.8, 4) is 0 Å². The van der Waals surface area contributed by atoms with Crippen molar-refractivity contribution in [3.05, 3.63) is 55.2 Å². The zero-order chi connectivity index (χ0) is 13.4. The van der Waals surface area contributed by atoms with Gasteiger partial charge in [-0.15, -0.1) is 11.3 Å². The second-order valence-corrected chi connectivity index (χ2v) is 7.66. The van der Waals surface area contributed by atoms with Gasteiger partial charge in [-0.1, -0.05) is 23.2 Å². The molecule has 0 saturated carbocycles. The molecule has 2 aromatic rings. The van der Waals surface area contributed by atoms with E-state index in [1.807, 2.05) is 35.2 Å². The number of nitrogens with two attached hydrogens (primary N) is 1. The molecule has 3 rings (SSSR count). The second-order valence-electron chi connectivity index (χ2n) is 4.54. The summed E-state index contributed by atoms with van der Waals surface area (Å²) >= 11 is 16.1. The molecule has 19 heavy (non-hydrogen) atoms. The van der Waals surface area contributed by atoms with Crippen molar-refractivity contribution in [1.82, 2.24) is 0 Å². The molecule has 0 amide bonds. The molecule has 0 spiro atoms. The van der Waals surface area contributed by atoms with E-state index in [0.29, 0.717) is 10.0 Å². The Morgan fingerprint density at radius 2 is 2.05 bits per heavy atom. The van der Waals surface area contributed by atoms with E-state index < -0.39 is 0 Å². The number of rotatable bonds is 2. The zero-order valence-electron chi connectivity index (χ0n) is 10.2. The summed E-state index contributed by atoms with van der Waals surface area (Å²) in [5.74, 6) is 2.31. The molecule has 1 aromatic carbocycles. The van der Waals surface area contributed by atoms with Crippen LogP contribution in [0.25, 0.3) is 0 Å². The number of fused-ring (bicyclic) bond motifs is 1. The predicted octanol–water partition coefficient (Wildman–Crippen LogP) is 4.89. The van der Waals surface area contributed by atoms with Crippen molar-refractivity contribution in [2.24, 2.45) is 5.73 Å². The summed E-state index contributed by atoms with van der Waals surface area (Å²) in [6.45, 7) is 0. The average Bonchev–Trinajstić information content (AvgIpc) is 2.84. The van der Waals surface area contributed by atoms with E-state index in [4.69, 9.17) is 28.9 Å². The van der Waals surface area contributed by atoms with Crippen LogP contribution in [0.5, 0.6) is 0 Å². The number of hydrogen-bond donors (Lipinski definition) is 1. The predicted molar refractivity (Wildman–Crippen MR) is 86.7 cm³/mol. The van der Waals surface area contributed by atoms with Gasteiger partial charge in [0.25, 0.3) is 0 Å². The Bertz CT molecular complexity index is 586. The number of benzene rings is 1. The molecule has 1 aromatic heterocycles. The van der Waals surface area contributed by atoms with Crippen molar-refractivity contribution in [3.63, 3.8) is 0 Å². The monoisotopic (exact) mass is 329 g/mol. The number of hydrogen-bond acceptors (Lipinski definition) is 3. The third kappa shape index (κ3) is 2.81. The highest BCUT2D eigenvalue weighted by Gasteiger charge is 2.19. The van der Waals surface area contributed by atoms with Crippen LogP contribution in [0.2, 0.25) is 10.0 Å². The first kappa shape index (κ1) is 13.8. The summed E-state index contributed by atoms with van der Waals surface area (Å²) in [5, 5.41) is 1.35. The van der Waals surface area contributed by atoms with E-state index >= 15 is 0 Å². The topological polar surface area (TPSA) is 26.0 Å². The molecule has 0 radical (unpaired) electrons. The first-order valence-corrected chi connectivity index (χ1v) is 8.77. The summed E-state index contributed by atoms with van der Waals surface area (Å²) in [6.07, 6.45) is 1.15. The maximum atomic E-state index is 6.36. The lowest BCUT2D eigenvalue weighted by Gasteiger charge is -2.12. The second kappa shape index (κ2) is 5.66. The van der Waals surface area contributed by atoms with Crippen LogP contribution in [0.3, 0.4) is 0 Å². The molecule has 0 saturated heterocycles. The maximum Gasteiger partial charge on any atom is 0.0661 e. The lowest BCUT2D eigenvalue weighted by Crippen LogP contribution is -2.10. The smallest absolute Gasteiger partial charge is 0.0661 e. The Morgan fingerprint density at radius 3 is 2.84 bits per heavy atom. The number of halogens is 2. The summed E-state index contributed by atoms with van der Waals surface area (Å²) in [7, 11) is 0. The zero-order valence-corrected chi connectivity index (χ0v) is 13.3. The number of thioether (sulfide) groups is 1. The lowest BCUT2D eigenvalue weighted by molar-refractivity contribution is 0.893. The van der Waals surface area contributed by atoms with Crippen LogP contribution in [0.4, 0.5) is 0 Å². The van der Waals surface area contributed by atoms with Gasteiger partial charge in [-0.25, -0.2) is 0 Å². The van der Waals surface area contributed by atoms with Gasteiger partial charge in [-0.3, -0.25) is 0 Å². The Balaban J connectivity index is 1.97. The minimum atomic E-state index is -0.188. The molecule has 1 aliphatic heterocycles. The van der Waals surface area contributed by atoms with Gasteiger partial charge in [-0.05, 0) is 47.6 Å². The van der Waals surface area contributed by atoms with Gasteiger partial charge in [0.1, 0.15) is 0 Å². The van der Waals surface area contributed by atoms with Gasteiger partial charge < -0.3 is 5.73 Å². The highest BCUT2D eigenvalue weighted by Crippen LogP contribution is 2.37. The summed E-state index contributed by atoms with van der Waals surface area (Å²) in [5.41, 5.74) is 8.70. The molecular weight excluding hydrogens is 317 g/mol. The molecule has 100 valence electrons. The van der Waals surface area contributed by atoms with Crippen LogP contribution in [-0.2, 0) is 12.2 Å². The van der Waals surface area contributed by atoms with Gasteiger partial charge >= 0.3 is 0 Å². The van der Waals surface area contributed by atoms with E-state index in [2.05, 4.69) is 6.07 Å². The molecule has 5 heteroatoms. The van der Waals surface area contributed by atoms with Crippen LogP contribution in [0.15, 0.2) is 24.3 Å². The van der Waals surface area contributed by atoms with Crippen molar-refractivity contribution < 1.29 is 0 Å². The lowest BCUT2D eigenvalue weighted by atomic mass is 10.1. The van der Waals surface area contributed by atoms with Crippen LogP contribution >= 0.6 is 46.3 Å². The first-order chi connectivity index (χ1) is 9.15. The SMILES string of the molecule is NC(c1cc2c(s1)CCSC2)c1cc(Cl)ccc1Cl. The maximum absolute atomic E-state index is 6.36. The van der Waals surface area contributed by atoms with E-state index in [1.54, 1.807) is 6.07 Å². The molecule has 1 atom stereocenters. The standard InChI is InChI=1S/C14H13Cl2NS2/c15-9-1-2-11(16)10(6-9)14(17)13-5-8-7-18-4-3-12(8)19-13/h1-2,5-6,14H,3-4,7,17H2. The molecular formula is C14H13Cl2NS2. The van der Waals surface area contributed by atoms with Crippen molar-refractivity contribution >= 4 is 46.3 Å². The van der Waals surface area contributed by atoms with Gasteiger partial charge in [-0.2, -0.15) is 11.8 Å². The van der Waals surface area contributed by atoms with E-state index in [0.717, 1.165) is 17.7 Å². The quantitative estimate of drug-likeness (QED) is 0.848. The molecule has 0 bridgehead atoms. The summed E-state index contributed by atoms with van der Waals surface area (Å²) in [6, 6.07) is 7.50. The molecule has 1 unspecified atom stereocenters. The van der Waals surface area contributed by atoms with Crippen LogP contribution in [-0.4, -0.2) is 5.75 Å². The van der Waals surface area contributed by atoms with Gasteiger partial charge in [0.15, 0.2) is 0 Å². The largest absolute Gasteiger partial charge is 0.320 e. The fourth-order valence-electron chi connectivity index (χ4n) is 2.23. The van der Waals surface area contributed by atoms with Crippen LogP contribution < -0.4 is 5.73 Å². The molecule has 1 nitrogen and oxygen atoms in total. The fraction of sp³-hybridized carbons (Fsp3) is 0.286. The molecule has 0 aliphatic carbocycles. The molecule has 2 heterocycles. The van der Waals surface area contributed by atoms with Gasteiger partial charge in [0.2, 0.25) is 0 Å². The van der Waals surface area contributed by atoms with Gasteiger partial charge in [0, 0.05) is 25.6 Å². The average molecular weight is 330 g/mol. The van der Waals surface area contributed by atoms with Crippen LogP contribution in [0, 0.1) is 0 Å². The summed E-state index contributed by atoms with van der Waals surface area (Å²) < 4.78 is 0. The van der Waals surface area contributed by atoms with E-state index in [9.17, 15) is 0 Å². The Morgan fingerprint density at radius 1 is 1.21 bits per heavy atom. The first-order valence-electron chi connectivity index (χ1n) is 6.05. The van der Waals surface area contributed by atoms with E-state index in [-0.39, 0.29) is 6.04 Å². The molecule has 1 aliphatic rings. The van der Waals surface area contributed by atoms with Crippen molar-refractivity contribution in [2.75, 3.05) is 5.75 Å². The third-order valence-electron chi connectivity index (χ3n) is 3.25.